The summed E-state index contributed by atoms with van der Waals surface area (Å²) in [5.41, 5.74) is 5.86. The van der Waals surface area contributed by atoms with Gasteiger partial charge in [0.2, 0.25) is 5.91 Å². The summed E-state index contributed by atoms with van der Waals surface area (Å²) in [6.07, 6.45) is 9.35. The van der Waals surface area contributed by atoms with Gasteiger partial charge in [0.1, 0.15) is 5.82 Å². The number of imidazole rings is 1. The number of nitrogens with zero attached hydrogens (tertiary/aromatic N) is 4. The number of benzene rings is 1. The van der Waals surface area contributed by atoms with Crippen molar-refractivity contribution in [1.29, 1.82) is 0 Å². The number of rotatable bonds is 4. The third-order valence-electron chi connectivity index (χ3n) is 6.06. The maximum Gasteiger partial charge on any atom is 0.254 e. The van der Waals surface area contributed by atoms with E-state index < -0.39 is 0 Å². The Hall–Kier alpha value is -4.27. The van der Waals surface area contributed by atoms with E-state index in [4.69, 9.17) is 0 Å². The van der Waals surface area contributed by atoms with Crippen LogP contribution in [0.5, 0.6) is 0 Å². The van der Waals surface area contributed by atoms with Crippen LogP contribution in [0.3, 0.4) is 0 Å². The first-order valence-electron chi connectivity index (χ1n) is 10.4. The van der Waals surface area contributed by atoms with Crippen molar-refractivity contribution < 1.29 is 9.59 Å². The largest absolute Gasteiger partial charge is 0.355 e. The second-order valence-corrected chi connectivity index (χ2v) is 7.95. The molecule has 9 heteroatoms. The van der Waals surface area contributed by atoms with Crippen molar-refractivity contribution in [3.05, 3.63) is 71.9 Å². The summed E-state index contributed by atoms with van der Waals surface area (Å²) in [5, 5.41) is 9.06. The van der Waals surface area contributed by atoms with Crippen LogP contribution >= 0.6 is 0 Å². The van der Waals surface area contributed by atoms with Crippen LogP contribution < -0.4 is 16.0 Å². The minimum Gasteiger partial charge on any atom is -0.355 e. The predicted octanol–water partition coefficient (Wildman–Crippen LogP) is 2.38. The van der Waals surface area contributed by atoms with E-state index in [0.717, 1.165) is 28.0 Å². The highest BCUT2D eigenvalue weighted by Gasteiger charge is 2.27. The molecule has 32 heavy (non-hydrogen) atoms. The van der Waals surface area contributed by atoms with Gasteiger partial charge in [-0.3, -0.25) is 19.0 Å². The molecule has 5 heterocycles. The van der Waals surface area contributed by atoms with E-state index in [0.29, 0.717) is 36.6 Å². The zero-order valence-corrected chi connectivity index (χ0v) is 17.0. The molecule has 2 amide bonds. The molecule has 3 N–H and O–H groups in total. The first kappa shape index (κ1) is 18.5. The summed E-state index contributed by atoms with van der Waals surface area (Å²) in [4.78, 5) is 37.2. The van der Waals surface area contributed by atoms with Crippen molar-refractivity contribution >= 4 is 29.0 Å². The van der Waals surface area contributed by atoms with E-state index in [1.54, 1.807) is 24.8 Å². The van der Waals surface area contributed by atoms with Gasteiger partial charge in [-0.2, -0.15) is 0 Å². The smallest absolute Gasteiger partial charge is 0.254 e. The third-order valence-corrected chi connectivity index (χ3v) is 6.06. The van der Waals surface area contributed by atoms with Gasteiger partial charge in [-0.05, 0) is 23.3 Å². The number of pyridine rings is 1. The van der Waals surface area contributed by atoms with Gasteiger partial charge in [0.25, 0.3) is 5.91 Å². The number of hydrogen-bond acceptors (Lipinski definition) is 6. The molecule has 0 saturated carbocycles. The van der Waals surface area contributed by atoms with Crippen molar-refractivity contribution in [2.45, 2.75) is 18.9 Å². The van der Waals surface area contributed by atoms with Crippen LogP contribution in [0.2, 0.25) is 0 Å². The minimum absolute atomic E-state index is 0.0705. The molecule has 1 atom stereocenters. The van der Waals surface area contributed by atoms with Crippen LogP contribution in [0.15, 0.2) is 55.2 Å². The molecule has 3 aromatic heterocycles. The van der Waals surface area contributed by atoms with E-state index in [-0.39, 0.29) is 17.7 Å². The van der Waals surface area contributed by atoms with Crippen molar-refractivity contribution in [3.63, 3.8) is 0 Å². The summed E-state index contributed by atoms with van der Waals surface area (Å²) >= 11 is 0. The summed E-state index contributed by atoms with van der Waals surface area (Å²) in [6, 6.07) is 7.74. The number of aromatic nitrogens is 4. The van der Waals surface area contributed by atoms with Gasteiger partial charge < -0.3 is 16.0 Å². The number of nitrogens with one attached hydrogen (secondary N) is 3. The number of hydrogen-bond donors (Lipinski definition) is 3. The number of carbonyl (C=O) groups excluding carboxylic acids is 2. The van der Waals surface area contributed by atoms with Crippen LogP contribution in [0, 0.1) is 0 Å². The van der Waals surface area contributed by atoms with Crippen molar-refractivity contribution in [1.82, 2.24) is 30.0 Å². The fraction of sp³-hybridized carbons (Fsp3) is 0.174. The minimum atomic E-state index is -0.119. The number of amides is 2. The maximum atomic E-state index is 12.7. The molecule has 0 radical (unpaired) electrons. The molecular formula is C23H19N7O2. The number of fused-ring (bicyclic) bond motifs is 2. The molecule has 1 unspecified atom stereocenters. The normalized spacial score (nSPS) is 17.3. The monoisotopic (exact) mass is 425 g/mol. The van der Waals surface area contributed by atoms with Crippen molar-refractivity contribution in [3.8, 4) is 11.3 Å². The lowest BCUT2D eigenvalue weighted by Crippen LogP contribution is -2.14. The van der Waals surface area contributed by atoms with E-state index >= 15 is 0 Å². The molecule has 0 bridgehead atoms. The quantitative estimate of drug-likeness (QED) is 0.463. The van der Waals surface area contributed by atoms with Gasteiger partial charge in [-0.25, -0.2) is 9.97 Å². The molecular weight excluding hydrogens is 406 g/mol. The first-order chi connectivity index (χ1) is 15.7. The van der Waals surface area contributed by atoms with Gasteiger partial charge in [0.05, 0.1) is 29.3 Å². The second-order valence-electron chi connectivity index (χ2n) is 7.95. The molecule has 4 aromatic rings. The topological polar surface area (TPSA) is 113 Å². The number of carbonyl (C=O) groups is 2. The lowest BCUT2D eigenvalue weighted by molar-refractivity contribution is -0.119. The molecule has 1 saturated heterocycles. The Morgan fingerprint density at radius 1 is 1.03 bits per heavy atom. The lowest BCUT2D eigenvalue weighted by atomic mass is 9.99. The molecule has 1 aromatic carbocycles. The number of anilines is 2. The predicted molar refractivity (Wildman–Crippen MR) is 117 cm³/mol. The average molecular weight is 425 g/mol. The van der Waals surface area contributed by atoms with E-state index in [2.05, 4.69) is 30.9 Å². The Morgan fingerprint density at radius 2 is 1.97 bits per heavy atom. The van der Waals surface area contributed by atoms with Crippen LogP contribution in [-0.2, 0) is 11.3 Å². The van der Waals surface area contributed by atoms with Crippen molar-refractivity contribution in [2.24, 2.45) is 0 Å². The maximum absolute atomic E-state index is 12.7. The highest BCUT2D eigenvalue weighted by molar-refractivity contribution is 6.06. The average Bonchev–Trinajstić information content (AvgIpc) is 3.54. The van der Waals surface area contributed by atoms with Crippen LogP contribution in [0.1, 0.15) is 33.8 Å². The van der Waals surface area contributed by atoms with E-state index in [9.17, 15) is 9.59 Å². The molecule has 9 nitrogen and oxygen atoms in total. The highest BCUT2D eigenvalue weighted by atomic mass is 16.2. The zero-order valence-electron chi connectivity index (χ0n) is 17.0. The Kier molecular flexibility index (Phi) is 4.14. The SMILES string of the molecule is O=C1CC(c2ccc(Nc3ccc(-c4cnc5cnccn45)c4c3C(=O)NC4)nc2)CN1. The lowest BCUT2D eigenvalue weighted by Gasteiger charge is -2.14. The molecule has 1 fully saturated rings. The Balaban J connectivity index is 1.34. The highest BCUT2D eigenvalue weighted by Crippen LogP contribution is 2.35. The van der Waals surface area contributed by atoms with Gasteiger partial charge in [-0.1, -0.05) is 12.1 Å². The summed E-state index contributed by atoms with van der Waals surface area (Å²) in [6.45, 7) is 1.09. The molecule has 0 spiro atoms. The third kappa shape index (κ3) is 2.97. The fourth-order valence-electron chi connectivity index (χ4n) is 4.43. The van der Waals surface area contributed by atoms with Crippen LogP contribution in [0.25, 0.3) is 16.9 Å². The molecule has 158 valence electrons. The Morgan fingerprint density at radius 3 is 2.78 bits per heavy atom. The van der Waals surface area contributed by atoms with Crippen LogP contribution in [0.4, 0.5) is 11.5 Å². The Labute approximate surface area is 182 Å². The zero-order chi connectivity index (χ0) is 21.7. The standard InChI is InChI=1S/C23H19N7O2/c31-21-7-14(9-27-21)13-1-4-19(25-8-13)29-17-3-2-15(16-10-28-23(32)22(16)17)18-11-26-20-12-24-5-6-30(18)20/h1-6,8,11-12,14H,7,9-10H2,(H,25,29)(H,27,31)(H,28,32). The Bertz CT molecular complexity index is 1380. The second kappa shape index (κ2) is 7.16. The van der Waals surface area contributed by atoms with Gasteiger partial charge in [-0.15, -0.1) is 0 Å². The molecule has 2 aliphatic rings. The van der Waals surface area contributed by atoms with Crippen molar-refractivity contribution in [2.75, 3.05) is 11.9 Å². The van der Waals surface area contributed by atoms with E-state index in [1.165, 1.54) is 0 Å². The molecule has 2 aliphatic heterocycles. The van der Waals surface area contributed by atoms with Gasteiger partial charge in [0, 0.05) is 49.6 Å². The first-order valence-corrected chi connectivity index (χ1v) is 10.4. The summed E-state index contributed by atoms with van der Waals surface area (Å²) in [5.74, 6) is 0.744. The van der Waals surface area contributed by atoms with E-state index in [1.807, 2.05) is 34.9 Å². The molecule has 6 rings (SSSR count). The van der Waals surface area contributed by atoms with Gasteiger partial charge in [0.15, 0.2) is 5.65 Å². The van der Waals surface area contributed by atoms with Gasteiger partial charge >= 0.3 is 0 Å². The fourth-order valence-corrected chi connectivity index (χ4v) is 4.43. The summed E-state index contributed by atoms with van der Waals surface area (Å²) < 4.78 is 1.96. The molecule has 0 aliphatic carbocycles. The van der Waals surface area contributed by atoms with Crippen LogP contribution in [-0.4, -0.2) is 37.7 Å². The summed E-state index contributed by atoms with van der Waals surface area (Å²) in [7, 11) is 0.